The fraction of sp³-hybridized carbons (Fsp3) is 0.650. The van der Waals surface area contributed by atoms with Crippen molar-refractivity contribution in [2.24, 2.45) is 5.92 Å². The van der Waals surface area contributed by atoms with Gasteiger partial charge in [0.25, 0.3) is 0 Å². The van der Waals surface area contributed by atoms with Crippen LogP contribution in [0.4, 0.5) is 0 Å². The largest absolute Gasteiger partial charge is 0.491 e. The number of aliphatic carboxylic acids is 1. The number of hydrogen-bond donors (Lipinski definition) is 3. The molecule has 0 amide bonds. The zero-order valence-corrected chi connectivity index (χ0v) is 15.3. The minimum Gasteiger partial charge on any atom is -0.491 e. The number of benzene rings is 1. The van der Waals surface area contributed by atoms with Crippen LogP contribution in [-0.4, -0.2) is 34.9 Å². The Hall–Kier alpha value is -1.59. The molecule has 138 valence electrons. The van der Waals surface area contributed by atoms with E-state index >= 15 is 0 Å². The van der Waals surface area contributed by atoms with Crippen molar-refractivity contribution in [2.75, 3.05) is 6.61 Å². The average Bonchev–Trinajstić information content (AvgIpc) is 2.56. The standard InChI is InChI=1S/C20H29NO4/c1-20(2,3)13-7-8-15-17(10-13)25-11-16(18(15)22)21-14-6-4-5-12(9-14)19(23)24/h7-8,10,12,14,16,18,21-22H,4-6,9,11H2,1-3H3,(H,23,24)/t12-,14+,16+,18-/m0/s1. The van der Waals surface area contributed by atoms with E-state index in [0.29, 0.717) is 13.0 Å². The Labute approximate surface area is 149 Å². The van der Waals surface area contributed by atoms with Gasteiger partial charge in [0, 0.05) is 11.6 Å². The molecule has 1 aromatic rings. The van der Waals surface area contributed by atoms with Gasteiger partial charge >= 0.3 is 5.97 Å². The molecule has 5 heteroatoms. The summed E-state index contributed by atoms with van der Waals surface area (Å²) in [6.45, 7) is 6.86. The van der Waals surface area contributed by atoms with Gasteiger partial charge in [0.15, 0.2) is 0 Å². The summed E-state index contributed by atoms with van der Waals surface area (Å²) < 4.78 is 5.92. The van der Waals surface area contributed by atoms with Gasteiger partial charge in [0.1, 0.15) is 18.5 Å². The van der Waals surface area contributed by atoms with Crippen LogP contribution in [-0.2, 0) is 10.2 Å². The summed E-state index contributed by atoms with van der Waals surface area (Å²) in [5.74, 6) is -0.244. The van der Waals surface area contributed by atoms with Crippen LogP contribution in [0.2, 0.25) is 0 Å². The summed E-state index contributed by atoms with van der Waals surface area (Å²) in [5.41, 5.74) is 2.02. The van der Waals surface area contributed by atoms with Crippen molar-refractivity contribution in [3.05, 3.63) is 29.3 Å². The van der Waals surface area contributed by atoms with Crippen molar-refractivity contribution in [3.63, 3.8) is 0 Å². The lowest BCUT2D eigenvalue weighted by Crippen LogP contribution is -2.49. The molecule has 0 aromatic heterocycles. The molecular weight excluding hydrogens is 318 g/mol. The van der Waals surface area contributed by atoms with E-state index in [2.05, 4.69) is 32.2 Å². The number of aliphatic hydroxyl groups is 1. The van der Waals surface area contributed by atoms with Crippen LogP contribution in [0.1, 0.15) is 63.7 Å². The summed E-state index contributed by atoms with van der Waals surface area (Å²) in [6.07, 6.45) is 2.58. The molecule has 0 saturated heterocycles. The lowest BCUT2D eigenvalue weighted by Gasteiger charge is -2.36. The molecule has 3 rings (SSSR count). The highest BCUT2D eigenvalue weighted by atomic mass is 16.5. The first-order valence-corrected chi connectivity index (χ1v) is 9.20. The first kappa shape index (κ1) is 18.2. The quantitative estimate of drug-likeness (QED) is 0.783. The van der Waals surface area contributed by atoms with Gasteiger partial charge < -0.3 is 20.3 Å². The highest BCUT2D eigenvalue weighted by Gasteiger charge is 2.34. The van der Waals surface area contributed by atoms with E-state index < -0.39 is 12.1 Å². The second-order valence-electron chi connectivity index (χ2n) is 8.43. The third kappa shape index (κ3) is 3.98. The van der Waals surface area contributed by atoms with Gasteiger partial charge in [0.05, 0.1) is 12.0 Å². The molecular formula is C20H29NO4. The van der Waals surface area contributed by atoms with Gasteiger partial charge in [-0.2, -0.15) is 0 Å². The number of rotatable bonds is 3. The number of ether oxygens (including phenoxy) is 1. The van der Waals surface area contributed by atoms with Crippen LogP contribution in [0.3, 0.4) is 0 Å². The molecule has 4 atom stereocenters. The molecule has 1 aromatic carbocycles. The Bertz CT molecular complexity index is 637. The van der Waals surface area contributed by atoms with Crippen molar-refractivity contribution in [3.8, 4) is 5.75 Å². The minimum absolute atomic E-state index is 0.0341. The molecule has 1 heterocycles. The Balaban J connectivity index is 1.69. The SMILES string of the molecule is CC(C)(C)c1ccc2c(c1)OC[C@@H](N[C@@H]1CCC[C@H](C(=O)O)C1)[C@H]2O. The third-order valence-corrected chi connectivity index (χ3v) is 5.47. The molecule has 0 unspecified atom stereocenters. The number of carboxylic acids is 1. The first-order chi connectivity index (χ1) is 11.8. The molecule has 3 N–H and O–H groups in total. The number of carboxylic acid groups (broad SMARTS) is 1. The van der Waals surface area contributed by atoms with Crippen molar-refractivity contribution in [2.45, 2.75) is 70.1 Å². The molecule has 25 heavy (non-hydrogen) atoms. The van der Waals surface area contributed by atoms with Crippen LogP contribution < -0.4 is 10.1 Å². The summed E-state index contributed by atoms with van der Waals surface area (Å²) in [7, 11) is 0. The van der Waals surface area contributed by atoms with Gasteiger partial charge in [0.2, 0.25) is 0 Å². The fourth-order valence-corrected chi connectivity index (χ4v) is 3.87. The molecule has 5 nitrogen and oxygen atoms in total. The lowest BCUT2D eigenvalue weighted by molar-refractivity contribution is -0.143. The second-order valence-corrected chi connectivity index (χ2v) is 8.43. The predicted molar refractivity (Wildman–Crippen MR) is 95.9 cm³/mol. The number of aliphatic hydroxyl groups excluding tert-OH is 1. The molecule has 0 bridgehead atoms. The highest BCUT2D eigenvalue weighted by molar-refractivity contribution is 5.70. The van der Waals surface area contributed by atoms with Crippen LogP contribution in [0, 0.1) is 5.92 Å². The minimum atomic E-state index is -0.716. The van der Waals surface area contributed by atoms with E-state index in [9.17, 15) is 15.0 Å². The van der Waals surface area contributed by atoms with E-state index in [1.54, 1.807) is 0 Å². The van der Waals surface area contributed by atoms with E-state index in [4.69, 9.17) is 4.74 Å². The maximum atomic E-state index is 11.2. The van der Waals surface area contributed by atoms with Crippen LogP contribution in [0.15, 0.2) is 18.2 Å². The second kappa shape index (κ2) is 6.96. The number of hydrogen-bond acceptors (Lipinski definition) is 4. The monoisotopic (exact) mass is 347 g/mol. The van der Waals surface area contributed by atoms with Gasteiger partial charge in [-0.1, -0.05) is 39.3 Å². The van der Waals surface area contributed by atoms with E-state index in [0.717, 1.165) is 30.6 Å². The zero-order valence-electron chi connectivity index (χ0n) is 15.3. The maximum Gasteiger partial charge on any atom is 0.306 e. The number of nitrogens with one attached hydrogen (secondary N) is 1. The Morgan fingerprint density at radius 1 is 1.28 bits per heavy atom. The van der Waals surface area contributed by atoms with Gasteiger partial charge in [-0.3, -0.25) is 4.79 Å². The van der Waals surface area contributed by atoms with E-state index in [-0.39, 0.29) is 23.4 Å². The van der Waals surface area contributed by atoms with E-state index in [1.807, 2.05) is 12.1 Å². The number of carbonyl (C=O) groups is 1. The Morgan fingerprint density at radius 3 is 2.72 bits per heavy atom. The topological polar surface area (TPSA) is 78.8 Å². The summed E-state index contributed by atoms with van der Waals surface area (Å²) in [6, 6.07) is 5.94. The molecule has 0 spiro atoms. The summed E-state index contributed by atoms with van der Waals surface area (Å²) in [5, 5.41) is 23.4. The maximum absolute atomic E-state index is 11.2. The Kier molecular flexibility index (Phi) is 5.07. The smallest absolute Gasteiger partial charge is 0.306 e. The van der Waals surface area contributed by atoms with Gasteiger partial charge in [-0.05, 0) is 36.3 Å². The van der Waals surface area contributed by atoms with Crippen LogP contribution >= 0.6 is 0 Å². The zero-order chi connectivity index (χ0) is 18.2. The van der Waals surface area contributed by atoms with Crippen molar-refractivity contribution >= 4 is 5.97 Å². The molecule has 1 fully saturated rings. The van der Waals surface area contributed by atoms with Crippen molar-refractivity contribution in [1.29, 1.82) is 0 Å². The van der Waals surface area contributed by atoms with Crippen LogP contribution in [0.5, 0.6) is 5.75 Å². The van der Waals surface area contributed by atoms with Crippen molar-refractivity contribution in [1.82, 2.24) is 5.32 Å². The van der Waals surface area contributed by atoms with Gasteiger partial charge in [-0.25, -0.2) is 0 Å². The van der Waals surface area contributed by atoms with Gasteiger partial charge in [-0.15, -0.1) is 0 Å². The number of fused-ring (bicyclic) bond motifs is 1. The summed E-state index contributed by atoms with van der Waals surface area (Å²) >= 11 is 0. The van der Waals surface area contributed by atoms with E-state index in [1.165, 1.54) is 5.56 Å². The first-order valence-electron chi connectivity index (χ1n) is 9.20. The molecule has 2 aliphatic rings. The highest BCUT2D eigenvalue weighted by Crippen LogP contribution is 2.36. The Morgan fingerprint density at radius 2 is 2.04 bits per heavy atom. The average molecular weight is 347 g/mol. The molecule has 0 radical (unpaired) electrons. The third-order valence-electron chi connectivity index (χ3n) is 5.47. The molecule has 1 aliphatic heterocycles. The normalized spacial score (nSPS) is 29.6. The van der Waals surface area contributed by atoms with Crippen LogP contribution in [0.25, 0.3) is 0 Å². The molecule has 1 aliphatic carbocycles. The summed E-state index contributed by atoms with van der Waals surface area (Å²) in [4.78, 5) is 11.2. The lowest BCUT2D eigenvalue weighted by atomic mass is 9.84. The molecule has 1 saturated carbocycles. The predicted octanol–water partition coefficient (Wildman–Crippen LogP) is 3.01. The fourth-order valence-electron chi connectivity index (χ4n) is 3.87. The van der Waals surface area contributed by atoms with Crippen molar-refractivity contribution < 1.29 is 19.7 Å².